The molecule has 2 aromatic carbocycles. The van der Waals surface area contributed by atoms with Gasteiger partial charge in [0.15, 0.2) is 0 Å². The number of benzene rings is 2. The predicted octanol–water partition coefficient (Wildman–Crippen LogP) is 3.88. The van der Waals surface area contributed by atoms with Crippen molar-refractivity contribution in [2.75, 3.05) is 13.7 Å². The zero-order chi connectivity index (χ0) is 16.2. The van der Waals surface area contributed by atoms with Gasteiger partial charge in [0.25, 0.3) is 0 Å². The highest BCUT2D eigenvalue weighted by Crippen LogP contribution is 2.38. The first-order chi connectivity index (χ1) is 11.2. The zero-order valence-corrected chi connectivity index (χ0v) is 13.1. The molecule has 1 amide bonds. The van der Waals surface area contributed by atoms with Crippen molar-refractivity contribution in [3.05, 3.63) is 71.5 Å². The molecule has 0 aromatic heterocycles. The SMILES string of the molecule is CO[C@@H](c1ccc(F)cc1)[C@H](c1ccccc1)N1CCCC1=O. The predicted molar refractivity (Wildman–Crippen MR) is 86.3 cm³/mol. The van der Waals surface area contributed by atoms with E-state index in [0.717, 1.165) is 24.1 Å². The van der Waals surface area contributed by atoms with Gasteiger partial charge in [0.1, 0.15) is 11.9 Å². The van der Waals surface area contributed by atoms with Crippen LogP contribution in [0.5, 0.6) is 0 Å². The van der Waals surface area contributed by atoms with Gasteiger partial charge in [-0.2, -0.15) is 0 Å². The monoisotopic (exact) mass is 313 g/mol. The topological polar surface area (TPSA) is 29.5 Å². The van der Waals surface area contributed by atoms with Crippen LogP contribution in [0.25, 0.3) is 0 Å². The van der Waals surface area contributed by atoms with E-state index in [9.17, 15) is 9.18 Å². The van der Waals surface area contributed by atoms with Crippen molar-refractivity contribution >= 4 is 5.91 Å². The number of hydrogen-bond acceptors (Lipinski definition) is 2. The van der Waals surface area contributed by atoms with Crippen LogP contribution >= 0.6 is 0 Å². The summed E-state index contributed by atoms with van der Waals surface area (Å²) in [5.41, 5.74) is 1.89. The van der Waals surface area contributed by atoms with Crippen molar-refractivity contribution in [1.29, 1.82) is 0 Å². The van der Waals surface area contributed by atoms with E-state index in [-0.39, 0.29) is 23.9 Å². The molecule has 0 aliphatic carbocycles. The van der Waals surface area contributed by atoms with Crippen molar-refractivity contribution in [2.24, 2.45) is 0 Å². The van der Waals surface area contributed by atoms with Gasteiger partial charge in [-0.15, -0.1) is 0 Å². The van der Waals surface area contributed by atoms with E-state index in [1.165, 1.54) is 12.1 Å². The van der Waals surface area contributed by atoms with Crippen LogP contribution in [0, 0.1) is 5.82 Å². The maximum atomic E-state index is 13.2. The molecule has 1 fully saturated rings. The Morgan fingerprint density at radius 1 is 1.04 bits per heavy atom. The van der Waals surface area contributed by atoms with E-state index in [4.69, 9.17) is 4.74 Å². The molecule has 4 heteroatoms. The summed E-state index contributed by atoms with van der Waals surface area (Å²) in [5, 5.41) is 0. The number of hydrogen-bond donors (Lipinski definition) is 0. The van der Waals surface area contributed by atoms with Gasteiger partial charge in [-0.3, -0.25) is 4.79 Å². The molecule has 0 bridgehead atoms. The molecule has 1 saturated heterocycles. The Labute approximate surface area is 135 Å². The fourth-order valence-corrected chi connectivity index (χ4v) is 3.23. The van der Waals surface area contributed by atoms with Crippen LogP contribution in [0.4, 0.5) is 4.39 Å². The first kappa shape index (κ1) is 15.7. The van der Waals surface area contributed by atoms with Crippen molar-refractivity contribution in [3.8, 4) is 0 Å². The number of amides is 1. The lowest BCUT2D eigenvalue weighted by Gasteiger charge is -2.34. The molecule has 0 N–H and O–H groups in total. The number of rotatable bonds is 5. The third-order valence-electron chi connectivity index (χ3n) is 4.33. The van der Waals surface area contributed by atoms with Crippen molar-refractivity contribution in [2.45, 2.75) is 25.0 Å². The van der Waals surface area contributed by atoms with Crippen LogP contribution in [0.15, 0.2) is 54.6 Å². The first-order valence-electron chi connectivity index (χ1n) is 7.83. The summed E-state index contributed by atoms with van der Waals surface area (Å²) in [5.74, 6) is -0.139. The average Bonchev–Trinajstić information content (AvgIpc) is 3.00. The van der Waals surface area contributed by atoms with Crippen LogP contribution in [0.3, 0.4) is 0 Å². The zero-order valence-electron chi connectivity index (χ0n) is 13.1. The molecule has 23 heavy (non-hydrogen) atoms. The van der Waals surface area contributed by atoms with E-state index in [2.05, 4.69) is 0 Å². The Kier molecular flexibility index (Phi) is 4.72. The summed E-state index contributed by atoms with van der Waals surface area (Å²) >= 11 is 0. The minimum absolute atomic E-state index is 0.142. The molecule has 2 aromatic rings. The third kappa shape index (κ3) is 3.27. The highest BCUT2D eigenvalue weighted by atomic mass is 19.1. The molecular formula is C19H20FNO2. The van der Waals surface area contributed by atoms with Gasteiger partial charge >= 0.3 is 0 Å². The number of nitrogens with zero attached hydrogens (tertiary/aromatic N) is 1. The van der Waals surface area contributed by atoms with E-state index in [1.807, 2.05) is 35.2 Å². The molecule has 0 unspecified atom stereocenters. The van der Waals surface area contributed by atoms with Crippen molar-refractivity contribution in [1.82, 2.24) is 4.90 Å². The van der Waals surface area contributed by atoms with Gasteiger partial charge in [-0.1, -0.05) is 42.5 Å². The van der Waals surface area contributed by atoms with Crippen molar-refractivity contribution in [3.63, 3.8) is 0 Å². The van der Waals surface area contributed by atoms with E-state index < -0.39 is 0 Å². The molecule has 120 valence electrons. The summed E-state index contributed by atoms with van der Waals surface area (Å²) in [6.07, 6.45) is 1.10. The van der Waals surface area contributed by atoms with Crippen molar-refractivity contribution < 1.29 is 13.9 Å². The van der Waals surface area contributed by atoms with Crippen LogP contribution in [-0.2, 0) is 9.53 Å². The fourth-order valence-electron chi connectivity index (χ4n) is 3.23. The van der Waals surface area contributed by atoms with E-state index in [0.29, 0.717) is 6.42 Å². The van der Waals surface area contributed by atoms with Crippen LogP contribution in [0.2, 0.25) is 0 Å². The minimum Gasteiger partial charge on any atom is -0.374 e. The van der Waals surface area contributed by atoms with Gasteiger partial charge in [0, 0.05) is 20.1 Å². The highest BCUT2D eigenvalue weighted by molar-refractivity contribution is 5.78. The molecule has 0 radical (unpaired) electrons. The smallest absolute Gasteiger partial charge is 0.223 e. The summed E-state index contributed by atoms with van der Waals surface area (Å²) in [4.78, 5) is 14.2. The van der Waals surface area contributed by atoms with Crippen LogP contribution < -0.4 is 0 Å². The number of carbonyl (C=O) groups is 1. The number of halogens is 1. The average molecular weight is 313 g/mol. The fraction of sp³-hybridized carbons (Fsp3) is 0.316. The third-order valence-corrected chi connectivity index (χ3v) is 4.33. The molecule has 1 aliphatic rings. The molecule has 3 rings (SSSR count). The lowest BCUT2D eigenvalue weighted by Crippen LogP contribution is -2.34. The van der Waals surface area contributed by atoms with Crippen LogP contribution in [0.1, 0.15) is 36.1 Å². The summed E-state index contributed by atoms with van der Waals surface area (Å²) in [6.45, 7) is 0.722. The van der Waals surface area contributed by atoms with Gasteiger partial charge in [-0.05, 0) is 29.7 Å². The Morgan fingerprint density at radius 2 is 1.74 bits per heavy atom. The lowest BCUT2D eigenvalue weighted by molar-refractivity contribution is -0.133. The Bertz CT molecular complexity index is 657. The Balaban J connectivity index is 2.02. The molecule has 2 atom stereocenters. The second-order valence-corrected chi connectivity index (χ2v) is 5.75. The van der Waals surface area contributed by atoms with E-state index >= 15 is 0 Å². The normalized spacial score (nSPS) is 17.3. The summed E-state index contributed by atoms with van der Waals surface area (Å²) in [7, 11) is 1.63. The molecule has 1 heterocycles. The molecule has 1 aliphatic heterocycles. The molecule has 0 saturated carbocycles. The van der Waals surface area contributed by atoms with Gasteiger partial charge in [-0.25, -0.2) is 4.39 Å². The number of likely N-dealkylation sites (tertiary alicyclic amines) is 1. The first-order valence-corrected chi connectivity index (χ1v) is 7.83. The second kappa shape index (κ2) is 6.92. The number of carbonyl (C=O) groups excluding carboxylic acids is 1. The van der Waals surface area contributed by atoms with E-state index in [1.54, 1.807) is 19.2 Å². The van der Waals surface area contributed by atoms with Gasteiger partial charge < -0.3 is 9.64 Å². The maximum absolute atomic E-state index is 13.2. The number of methoxy groups -OCH3 is 1. The highest BCUT2D eigenvalue weighted by Gasteiger charge is 2.35. The number of ether oxygens (including phenoxy) is 1. The minimum atomic E-state index is -0.333. The van der Waals surface area contributed by atoms with Gasteiger partial charge in [0.05, 0.1) is 6.04 Å². The summed E-state index contributed by atoms with van der Waals surface area (Å²) < 4.78 is 19.0. The lowest BCUT2D eigenvalue weighted by atomic mass is 9.94. The Morgan fingerprint density at radius 3 is 2.30 bits per heavy atom. The second-order valence-electron chi connectivity index (χ2n) is 5.75. The maximum Gasteiger partial charge on any atom is 0.223 e. The molecule has 3 nitrogen and oxygen atoms in total. The Hall–Kier alpha value is -2.20. The van der Waals surface area contributed by atoms with Crippen LogP contribution in [-0.4, -0.2) is 24.5 Å². The molecule has 0 spiro atoms. The largest absolute Gasteiger partial charge is 0.374 e. The standard InChI is InChI=1S/C19H20FNO2/c1-23-19(15-9-11-16(20)12-10-15)18(14-6-3-2-4-7-14)21-13-5-8-17(21)22/h2-4,6-7,9-12,18-19H,5,8,13H2,1H3/t18-,19-/m0/s1. The van der Waals surface area contributed by atoms with Gasteiger partial charge in [0.2, 0.25) is 5.91 Å². The molecular weight excluding hydrogens is 293 g/mol. The quantitative estimate of drug-likeness (QED) is 0.838. The summed E-state index contributed by atoms with van der Waals surface area (Å²) in [6, 6.07) is 16.0.